The number of piperidine rings is 1. The molecule has 0 atom stereocenters. The third-order valence-corrected chi connectivity index (χ3v) is 4.55. The first kappa shape index (κ1) is 17.2. The van der Waals surface area contributed by atoms with E-state index in [2.05, 4.69) is 17.2 Å². The molecule has 0 saturated carbocycles. The highest BCUT2D eigenvalue weighted by molar-refractivity contribution is 5.94. The van der Waals surface area contributed by atoms with Crippen LogP contribution in [0.25, 0.3) is 0 Å². The second-order valence-corrected chi connectivity index (χ2v) is 6.54. The fourth-order valence-corrected chi connectivity index (χ4v) is 2.93. The van der Waals surface area contributed by atoms with Gasteiger partial charge in [0.05, 0.1) is 6.54 Å². The number of oxazole rings is 1. The van der Waals surface area contributed by atoms with Crippen molar-refractivity contribution in [3.8, 4) is 0 Å². The smallest absolute Gasteiger partial charge is 0.276 e. The van der Waals surface area contributed by atoms with E-state index < -0.39 is 0 Å². The fourth-order valence-electron chi connectivity index (χ4n) is 2.93. The zero-order valence-electron chi connectivity index (χ0n) is 14.6. The van der Waals surface area contributed by atoms with E-state index in [1.54, 1.807) is 31.2 Å². The molecule has 0 radical (unpaired) electrons. The zero-order chi connectivity index (χ0) is 17.8. The minimum atomic E-state index is -0.200. The van der Waals surface area contributed by atoms with Gasteiger partial charge in [-0.2, -0.15) is 0 Å². The molecule has 1 saturated heterocycles. The van der Waals surface area contributed by atoms with E-state index in [9.17, 15) is 9.59 Å². The van der Waals surface area contributed by atoms with Gasteiger partial charge in [-0.15, -0.1) is 0 Å². The largest absolute Gasteiger partial charge is 0.443 e. The molecule has 0 unspecified atom stereocenters. The first-order valence-corrected chi connectivity index (χ1v) is 8.63. The minimum Gasteiger partial charge on any atom is -0.443 e. The Labute approximate surface area is 147 Å². The number of aromatic nitrogens is 1. The van der Waals surface area contributed by atoms with Crippen LogP contribution in [0.15, 0.2) is 34.7 Å². The average molecular weight is 341 g/mol. The molecule has 1 aliphatic rings. The van der Waals surface area contributed by atoms with Crippen molar-refractivity contribution in [1.82, 2.24) is 15.2 Å². The molecule has 3 rings (SSSR count). The van der Waals surface area contributed by atoms with Crippen LogP contribution in [-0.4, -0.2) is 34.8 Å². The van der Waals surface area contributed by atoms with Gasteiger partial charge in [0.2, 0.25) is 5.89 Å². The van der Waals surface area contributed by atoms with Crippen LogP contribution in [0.5, 0.6) is 0 Å². The van der Waals surface area contributed by atoms with Crippen LogP contribution in [0, 0.1) is 12.8 Å². The van der Waals surface area contributed by atoms with Gasteiger partial charge in [-0.3, -0.25) is 9.59 Å². The van der Waals surface area contributed by atoms with E-state index in [0.29, 0.717) is 28.8 Å². The summed E-state index contributed by atoms with van der Waals surface area (Å²) in [4.78, 5) is 30.8. The number of nitrogens with one attached hydrogen (secondary N) is 1. The van der Waals surface area contributed by atoms with E-state index >= 15 is 0 Å². The molecule has 2 amide bonds. The molecule has 2 aromatic rings. The first-order chi connectivity index (χ1) is 12.0. The molecule has 0 bridgehead atoms. The van der Waals surface area contributed by atoms with Gasteiger partial charge in [-0.25, -0.2) is 4.98 Å². The lowest BCUT2D eigenvalue weighted by Crippen LogP contribution is -2.38. The third kappa shape index (κ3) is 4.07. The van der Waals surface area contributed by atoms with Crippen molar-refractivity contribution < 1.29 is 14.0 Å². The summed E-state index contributed by atoms with van der Waals surface area (Å²) in [6.45, 7) is 5.60. The molecule has 2 heterocycles. The highest BCUT2D eigenvalue weighted by Gasteiger charge is 2.26. The molecule has 1 aliphatic heterocycles. The number of aryl methyl sites for hydroxylation is 1. The maximum absolute atomic E-state index is 12.6. The summed E-state index contributed by atoms with van der Waals surface area (Å²) < 4.78 is 5.56. The molecular weight excluding hydrogens is 318 g/mol. The van der Waals surface area contributed by atoms with E-state index in [1.807, 2.05) is 11.0 Å². The summed E-state index contributed by atoms with van der Waals surface area (Å²) in [7, 11) is 0. The van der Waals surface area contributed by atoms with E-state index in [4.69, 9.17) is 4.42 Å². The van der Waals surface area contributed by atoms with Crippen molar-refractivity contribution in [2.24, 2.45) is 5.92 Å². The predicted octanol–water partition coefficient (Wildman–Crippen LogP) is 2.79. The Kier molecular flexibility index (Phi) is 5.16. The number of hydrogen-bond acceptors (Lipinski definition) is 4. The van der Waals surface area contributed by atoms with Crippen molar-refractivity contribution in [3.05, 3.63) is 53.2 Å². The summed E-state index contributed by atoms with van der Waals surface area (Å²) in [5, 5.41) is 2.76. The fraction of sp³-hybridized carbons (Fsp3) is 0.421. The van der Waals surface area contributed by atoms with Crippen LogP contribution in [0.3, 0.4) is 0 Å². The monoisotopic (exact) mass is 341 g/mol. The van der Waals surface area contributed by atoms with Crippen molar-refractivity contribution in [1.29, 1.82) is 0 Å². The standard InChI is InChI=1S/C19H23N3O3/c1-13-8-10-22(11-9-13)19(24)17-14(2)25-16(21-17)12-20-18(23)15-6-4-3-5-7-15/h3-7,13H,8-12H2,1-2H3,(H,20,23). The summed E-state index contributed by atoms with van der Waals surface area (Å²) in [6, 6.07) is 8.94. The highest BCUT2D eigenvalue weighted by Crippen LogP contribution is 2.19. The van der Waals surface area contributed by atoms with Crippen molar-refractivity contribution in [3.63, 3.8) is 0 Å². The zero-order valence-corrected chi connectivity index (χ0v) is 14.6. The molecule has 6 nitrogen and oxygen atoms in total. The van der Waals surface area contributed by atoms with Crippen molar-refractivity contribution in [2.75, 3.05) is 13.1 Å². The third-order valence-electron chi connectivity index (χ3n) is 4.55. The molecule has 1 fully saturated rings. The second-order valence-electron chi connectivity index (χ2n) is 6.54. The SMILES string of the molecule is Cc1oc(CNC(=O)c2ccccc2)nc1C(=O)N1CCC(C)CC1. The quantitative estimate of drug-likeness (QED) is 0.928. The lowest BCUT2D eigenvalue weighted by atomic mass is 9.99. The molecule has 1 N–H and O–H groups in total. The van der Waals surface area contributed by atoms with Crippen LogP contribution >= 0.6 is 0 Å². The maximum Gasteiger partial charge on any atom is 0.276 e. The Morgan fingerprint density at radius 1 is 1.24 bits per heavy atom. The predicted molar refractivity (Wildman–Crippen MR) is 93.2 cm³/mol. The Hall–Kier alpha value is -2.63. The van der Waals surface area contributed by atoms with Crippen molar-refractivity contribution in [2.45, 2.75) is 33.2 Å². The summed E-state index contributed by atoms with van der Waals surface area (Å²) >= 11 is 0. The number of benzene rings is 1. The molecule has 6 heteroatoms. The first-order valence-electron chi connectivity index (χ1n) is 8.63. The van der Waals surface area contributed by atoms with Gasteiger partial charge >= 0.3 is 0 Å². The van der Waals surface area contributed by atoms with Crippen molar-refractivity contribution >= 4 is 11.8 Å². The maximum atomic E-state index is 12.6. The van der Waals surface area contributed by atoms with Gasteiger partial charge in [-0.1, -0.05) is 25.1 Å². The van der Waals surface area contributed by atoms with E-state index in [1.165, 1.54) is 0 Å². The molecule has 1 aromatic heterocycles. The van der Waals surface area contributed by atoms with Crippen LogP contribution in [0.4, 0.5) is 0 Å². The van der Waals surface area contributed by atoms with Crippen LogP contribution in [-0.2, 0) is 6.54 Å². The highest BCUT2D eigenvalue weighted by atomic mass is 16.4. The number of hydrogen-bond donors (Lipinski definition) is 1. The lowest BCUT2D eigenvalue weighted by molar-refractivity contribution is 0.0690. The van der Waals surface area contributed by atoms with E-state index in [-0.39, 0.29) is 18.4 Å². The number of likely N-dealkylation sites (tertiary alicyclic amines) is 1. The number of carbonyl (C=O) groups excluding carboxylic acids is 2. The second kappa shape index (κ2) is 7.51. The van der Waals surface area contributed by atoms with Gasteiger partial charge in [-0.05, 0) is 37.8 Å². The van der Waals surface area contributed by atoms with Gasteiger partial charge in [0.25, 0.3) is 11.8 Å². The van der Waals surface area contributed by atoms with Gasteiger partial charge in [0.15, 0.2) is 5.69 Å². The molecule has 25 heavy (non-hydrogen) atoms. The number of nitrogens with zero attached hydrogens (tertiary/aromatic N) is 2. The van der Waals surface area contributed by atoms with Gasteiger partial charge in [0, 0.05) is 18.7 Å². The van der Waals surface area contributed by atoms with Crippen LogP contribution in [0.1, 0.15) is 52.3 Å². The Morgan fingerprint density at radius 3 is 2.60 bits per heavy atom. The number of carbonyl (C=O) groups is 2. The Morgan fingerprint density at radius 2 is 1.92 bits per heavy atom. The lowest BCUT2D eigenvalue weighted by Gasteiger charge is -2.29. The van der Waals surface area contributed by atoms with Gasteiger partial charge < -0.3 is 14.6 Å². The molecule has 0 spiro atoms. The molecule has 132 valence electrons. The normalized spacial score (nSPS) is 15.2. The van der Waals surface area contributed by atoms with Crippen LogP contribution in [0.2, 0.25) is 0 Å². The number of rotatable bonds is 4. The molecular formula is C19H23N3O3. The molecule has 0 aliphatic carbocycles. The van der Waals surface area contributed by atoms with E-state index in [0.717, 1.165) is 25.9 Å². The number of amides is 2. The van der Waals surface area contributed by atoms with Gasteiger partial charge in [0.1, 0.15) is 5.76 Å². The summed E-state index contributed by atoms with van der Waals surface area (Å²) in [5.74, 6) is 1.21. The molecule has 1 aromatic carbocycles. The minimum absolute atomic E-state index is 0.0891. The average Bonchev–Trinajstić information content (AvgIpc) is 3.01. The Bertz CT molecular complexity index is 747. The van der Waals surface area contributed by atoms with Crippen LogP contribution < -0.4 is 5.32 Å². The Balaban J connectivity index is 1.62. The summed E-state index contributed by atoms with van der Waals surface area (Å²) in [5.41, 5.74) is 0.919. The topological polar surface area (TPSA) is 75.4 Å². The summed E-state index contributed by atoms with van der Waals surface area (Å²) in [6.07, 6.45) is 2.03.